The maximum absolute atomic E-state index is 14.7. The SMILES string of the molecule is COC(=O)C1=C(CN(C)N2CCOCC2)NC(c2ncc(F)cc2F)=NC1c1ccc(F)cc1Br. The molecule has 0 amide bonds. The molecule has 1 saturated heterocycles. The summed E-state index contributed by atoms with van der Waals surface area (Å²) < 4.78 is 52.8. The van der Waals surface area contributed by atoms with Crippen molar-refractivity contribution in [1.29, 1.82) is 0 Å². The second kappa shape index (κ2) is 10.9. The van der Waals surface area contributed by atoms with Gasteiger partial charge in [0.05, 0.1) is 38.6 Å². The van der Waals surface area contributed by atoms with E-state index in [1.165, 1.54) is 25.3 Å². The van der Waals surface area contributed by atoms with Crippen molar-refractivity contribution >= 4 is 27.7 Å². The Morgan fingerprint density at radius 2 is 2.00 bits per heavy atom. The number of esters is 1. The molecule has 186 valence electrons. The third-order valence-corrected chi connectivity index (χ3v) is 6.36. The second-order valence-corrected chi connectivity index (χ2v) is 8.77. The highest BCUT2D eigenvalue weighted by Gasteiger charge is 2.35. The Morgan fingerprint density at radius 1 is 1.26 bits per heavy atom. The average molecular weight is 554 g/mol. The van der Waals surface area contributed by atoms with Crippen LogP contribution in [-0.4, -0.2) is 73.8 Å². The fourth-order valence-corrected chi connectivity index (χ4v) is 4.52. The van der Waals surface area contributed by atoms with Crippen LogP contribution in [0.1, 0.15) is 17.3 Å². The molecule has 0 bridgehead atoms. The Hall–Kier alpha value is -2.80. The first-order chi connectivity index (χ1) is 16.8. The summed E-state index contributed by atoms with van der Waals surface area (Å²) >= 11 is 3.34. The van der Waals surface area contributed by atoms with Crippen LogP contribution in [0.3, 0.4) is 0 Å². The second-order valence-electron chi connectivity index (χ2n) is 7.92. The van der Waals surface area contributed by atoms with Crippen LogP contribution < -0.4 is 5.32 Å². The Kier molecular flexibility index (Phi) is 7.85. The largest absolute Gasteiger partial charge is 0.466 e. The number of hydrogen-bond acceptors (Lipinski definition) is 8. The number of methoxy groups -OCH3 is 1. The molecular formula is C23H23BrF3N5O3. The Morgan fingerprint density at radius 3 is 2.66 bits per heavy atom. The van der Waals surface area contributed by atoms with E-state index in [1.54, 1.807) is 0 Å². The van der Waals surface area contributed by atoms with Gasteiger partial charge in [0.15, 0.2) is 11.7 Å². The first kappa shape index (κ1) is 25.3. The van der Waals surface area contributed by atoms with Crippen LogP contribution in [0.2, 0.25) is 0 Å². The topological polar surface area (TPSA) is 79.3 Å². The summed E-state index contributed by atoms with van der Waals surface area (Å²) in [7, 11) is 3.09. The van der Waals surface area contributed by atoms with Gasteiger partial charge in [-0.1, -0.05) is 22.0 Å². The molecule has 2 aliphatic heterocycles. The number of nitrogens with one attached hydrogen (secondary N) is 1. The summed E-state index contributed by atoms with van der Waals surface area (Å²) in [6, 6.07) is 3.69. The number of amidine groups is 1. The lowest BCUT2D eigenvalue weighted by atomic mass is 9.95. The predicted molar refractivity (Wildman–Crippen MR) is 125 cm³/mol. The lowest BCUT2D eigenvalue weighted by molar-refractivity contribution is -0.136. The molecule has 0 spiro atoms. The molecule has 8 nitrogen and oxygen atoms in total. The third kappa shape index (κ3) is 5.56. The number of pyridine rings is 1. The first-order valence-electron chi connectivity index (χ1n) is 10.7. The van der Waals surface area contributed by atoms with Gasteiger partial charge in [0.2, 0.25) is 0 Å². The van der Waals surface area contributed by atoms with Crippen LogP contribution in [-0.2, 0) is 14.3 Å². The van der Waals surface area contributed by atoms with Gasteiger partial charge >= 0.3 is 5.97 Å². The van der Waals surface area contributed by atoms with Gasteiger partial charge in [-0.05, 0) is 17.7 Å². The molecule has 1 atom stereocenters. The molecule has 1 N–H and O–H groups in total. The Balaban J connectivity index is 1.83. The van der Waals surface area contributed by atoms with Crippen molar-refractivity contribution in [3.05, 3.63) is 74.9 Å². The van der Waals surface area contributed by atoms with Crippen molar-refractivity contribution < 1.29 is 27.4 Å². The minimum absolute atomic E-state index is 0.00163. The molecule has 0 saturated carbocycles. The molecule has 1 unspecified atom stereocenters. The number of aliphatic imine (C=N–C) groups is 1. The Labute approximate surface area is 208 Å². The number of morpholine rings is 1. The summed E-state index contributed by atoms with van der Waals surface area (Å²) in [6.07, 6.45) is 0.879. The number of carbonyl (C=O) groups is 1. The summed E-state index contributed by atoms with van der Waals surface area (Å²) in [5.41, 5.74) is 0.804. The van der Waals surface area contributed by atoms with Gasteiger partial charge in [0.25, 0.3) is 0 Å². The maximum atomic E-state index is 14.7. The molecule has 2 aliphatic rings. The summed E-state index contributed by atoms with van der Waals surface area (Å²) in [5, 5.41) is 6.97. The lowest BCUT2D eigenvalue weighted by Gasteiger charge is -2.37. The standard InChI is InChI=1S/C23H23BrF3N5O3/c1-31(32-5-7-35-8-6-32)12-18-19(23(33)34-2)20(15-4-3-13(25)9-16(15)24)30-22(29-18)21-17(27)10-14(26)11-28-21/h3-4,9-11,20H,5-8,12H2,1-2H3,(H,29,30). The number of benzene rings is 1. The van der Waals surface area contributed by atoms with Gasteiger partial charge in [-0.2, -0.15) is 0 Å². The zero-order chi connectivity index (χ0) is 25.1. The van der Waals surface area contributed by atoms with Gasteiger partial charge in [-0.15, -0.1) is 0 Å². The summed E-state index contributed by atoms with van der Waals surface area (Å²) in [4.78, 5) is 21.4. The van der Waals surface area contributed by atoms with Crippen LogP contribution >= 0.6 is 15.9 Å². The van der Waals surface area contributed by atoms with Crippen LogP contribution in [0.25, 0.3) is 0 Å². The Bertz CT molecular complexity index is 1190. The number of halogens is 4. The van der Waals surface area contributed by atoms with E-state index in [1.807, 2.05) is 12.1 Å². The molecule has 3 heterocycles. The van der Waals surface area contributed by atoms with E-state index in [9.17, 15) is 18.0 Å². The maximum Gasteiger partial charge on any atom is 0.338 e. The van der Waals surface area contributed by atoms with Gasteiger partial charge in [-0.25, -0.2) is 33.0 Å². The molecule has 1 fully saturated rings. The molecule has 0 aliphatic carbocycles. The van der Waals surface area contributed by atoms with E-state index in [0.29, 0.717) is 48.1 Å². The number of carbonyl (C=O) groups excluding carboxylic acids is 1. The molecule has 35 heavy (non-hydrogen) atoms. The minimum Gasteiger partial charge on any atom is -0.466 e. The van der Waals surface area contributed by atoms with E-state index in [-0.39, 0.29) is 23.6 Å². The van der Waals surface area contributed by atoms with Gasteiger partial charge in [-0.3, -0.25) is 4.99 Å². The highest BCUT2D eigenvalue weighted by molar-refractivity contribution is 9.10. The summed E-state index contributed by atoms with van der Waals surface area (Å²) in [5.74, 6) is -2.89. The van der Waals surface area contributed by atoms with Crippen molar-refractivity contribution in [2.75, 3.05) is 47.0 Å². The van der Waals surface area contributed by atoms with E-state index < -0.39 is 29.5 Å². The molecule has 1 aromatic heterocycles. The van der Waals surface area contributed by atoms with Crippen LogP contribution in [0.5, 0.6) is 0 Å². The monoisotopic (exact) mass is 553 g/mol. The highest BCUT2D eigenvalue weighted by Crippen LogP contribution is 2.36. The number of aromatic nitrogens is 1. The molecule has 12 heteroatoms. The molecular weight excluding hydrogens is 531 g/mol. The van der Waals surface area contributed by atoms with E-state index in [2.05, 4.69) is 36.2 Å². The van der Waals surface area contributed by atoms with Gasteiger partial charge in [0.1, 0.15) is 23.4 Å². The van der Waals surface area contributed by atoms with Crippen molar-refractivity contribution in [1.82, 2.24) is 20.3 Å². The van der Waals surface area contributed by atoms with E-state index >= 15 is 0 Å². The number of nitrogens with zero attached hydrogens (tertiary/aromatic N) is 4. The highest BCUT2D eigenvalue weighted by atomic mass is 79.9. The number of ether oxygens (including phenoxy) is 2. The fourth-order valence-electron chi connectivity index (χ4n) is 3.95. The number of hydrogen-bond donors (Lipinski definition) is 1. The minimum atomic E-state index is -0.979. The first-order valence-corrected chi connectivity index (χ1v) is 11.5. The van der Waals surface area contributed by atoms with Crippen LogP contribution in [0.15, 0.2) is 51.2 Å². The van der Waals surface area contributed by atoms with E-state index in [4.69, 9.17) is 9.47 Å². The smallest absolute Gasteiger partial charge is 0.338 e. The summed E-state index contributed by atoms with van der Waals surface area (Å²) in [6.45, 7) is 2.63. The zero-order valence-corrected chi connectivity index (χ0v) is 20.6. The van der Waals surface area contributed by atoms with Crippen molar-refractivity contribution in [3.8, 4) is 0 Å². The molecule has 2 aromatic rings. The lowest BCUT2D eigenvalue weighted by Crippen LogP contribution is -2.49. The number of likely N-dealkylation sites (N-methyl/N-ethyl adjacent to an activating group) is 1. The van der Waals surface area contributed by atoms with Crippen molar-refractivity contribution in [2.24, 2.45) is 4.99 Å². The van der Waals surface area contributed by atoms with Crippen molar-refractivity contribution in [3.63, 3.8) is 0 Å². The third-order valence-electron chi connectivity index (χ3n) is 5.68. The predicted octanol–water partition coefficient (Wildman–Crippen LogP) is 2.96. The molecule has 1 aromatic carbocycles. The van der Waals surface area contributed by atoms with Crippen LogP contribution in [0, 0.1) is 17.5 Å². The van der Waals surface area contributed by atoms with Gasteiger partial charge in [0, 0.05) is 36.4 Å². The van der Waals surface area contributed by atoms with Crippen molar-refractivity contribution in [2.45, 2.75) is 6.04 Å². The normalized spacial score (nSPS) is 18.9. The quantitative estimate of drug-likeness (QED) is 0.551. The fraction of sp³-hybridized carbons (Fsp3) is 0.348. The molecule has 4 rings (SSSR count). The van der Waals surface area contributed by atoms with Gasteiger partial charge < -0.3 is 14.8 Å². The molecule has 0 radical (unpaired) electrons. The van der Waals surface area contributed by atoms with Crippen LogP contribution in [0.4, 0.5) is 13.2 Å². The number of rotatable bonds is 6. The number of hydrazine groups is 1. The average Bonchev–Trinajstić information content (AvgIpc) is 2.83. The van der Waals surface area contributed by atoms with E-state index in [0.717, 1.165) is 6.20 Å². The zero-order valence-electron chi connectivity index (χ0n) is 19.0.